The van der Waals surface area contributed by atoms with E-state index in [1.54, 1.807) is 0 Å². The van der Waals surface area contributed by atoms with E-state index in [0.29, 0.717) is 24.7 Å². The molecule has 3 aliphatic carbocycles. The number of unbranched alkanes of at least 4 members (excludes halogenated alkanes) is 2. The first-order valence-corrected chi connectivity index (χ1v) is 16.3. The Morgan fingerprint density at radius 3 is 2.21 bits per heavy atom. The van der Waals surface area contributed by atoms with E-state index in [-0.39, 0.29) is 5.41 Å². The Morgan fingerprint density at radius 1 is 0.947 bits per heavy atom. The first kappa shape index (κ1) is 29.6. The highest BCUT2D eigenvalue weighted by atomic mass is 19.1. The highest BCUT2D eigenvalue weighted by Gasteiger charge is 2.44. The SMILES string of the molecule is CCCCCC1CCC(C2CCC(C(C)c3ccccc3C3(CCC)CCC(C(=O)[O-])C(F)C3)CC2)CC1. The van der Waals surface area contributed by atoms with Crippen LogP contribution in [-0.4, -0.2) is 12.1 Å². The Hall–Kier alpha value is -1.38. The first-order chi connectivity index (χ1) is 18.4. The van der Waals surface area contributed by atoms with Gasteiger partial charge < -0.3 is 9.90 Å². The molecule has 0 amide bonds. The van der Waals surface area contributed by atoms with Gasteiger partial charge in [-0.05, 0) is 110 Å². The summed E-state index contributed by atoms with van der Waals surface area (Å²) in [6.45, 7) is 6.89. The number of rotatable bonds is 11. The molecule has 0 spiro atoms. The summed E-state index contributed by atoms with van der Waals surface area (Å²) in [5.74, 6) is 1.85. The summed E-state index contributed by atoms with van der Waals surface area (Å²) in [4.78, 5) is 11.5. The van der Waals surface area contributed by atoms with Gasteiger partial charge in [0.1, 0.15) is 6.17 Å². The van der Waals surface area contributed by atoms with Gasteiger partial charge >= 0.3 is 0 Å². The van der Waals surface area contributed by atoms with E-state index >= 15 is 4.39 Å². The monoisotopic (exact) mass is 525 g/mol. The lowest BCUT2D eigenvalue weighted by atomic mass is 9.61. The van der Waals surface area contributed by atoms with Crippen LogP contribution in [0.2, 0.25) is 0 Å². The second kappa shape index (κ2) is 13.8. The zero-order chi connectivity index (χ0) is 27.1. The van der Waals surface area contributed by atoms with Crippen LogP contribution in [0.3, 0.4) is 0 Å². The predicted molar refractivity (Wildman–Crippen MR) is 154 cm³/mol. The van der Waals surface area contributed by atoms with Crippen molar-refractivity contribution in [2.24, 2.45) is 29.6 Å². The van der Waals surface area contributed by atoms with Crippen LogP contribution in [0.4, 0.5) is 4.39 Å². The average Bonchev–Trinajstić information content (AvgIpc) is 2.93. The lowest BCUT2D eigenvalue weighted by molar-refractivity contribution is -0.314. The van der Waals surface area contributed by atoms with E-state index in [4.69, 9.17) is 0 Å². The molecule has 0 saturated heterocycles. The number of aliphatic carboxylic acids is 1. The van der Waals surface area contributed by atoms with Crippen LogP contribution in [0, 0.1) is 29.6 Å². The molecule has 2 nitrogen and oxygen atoms in total. The Morgan fingerprint density at radius 2 is 1.61 bits per heavy atom. The molecule has 0 N–H and O–H groups in total. The fourth-order valence-corrected chi connectivity index (χ4v) is 8.96. The van der Waals surface area contributed by atoms with Crippen LogP contribution in [-0.2, 0) is 10.2 Å². The van der Waals surface area contributed by atoms with Crippen molar-refractivity contribution in [3.05, 3.63) is 35.4 Å². The maximum atomic E-state index is 15.2. The Bertz CT molecular complexity index is 866. The summed E-state index contributed by atoms with van der Waals surface area (Å²) in [7, 11) is 0. The molecule has 4 atom stereocenters. The van der Waals surface area contributed by atoms with Crippen molar-refractivity contribution >= 4 is 5.97 Å². The first-order valence-electron chi connectivity index (χ1n) is 16.3. The molecule has 0 aliphatic heterocycles. The second-order valence-corrected chi connectivity index (χ2v) is 13.5. The van der Waals surface area contributed by atoms with Crippen molar-refractivity contribution < 1.29 is 14.3 Å². The molecule has 0 aromatic heterocycles. The molecule has 0 radical (unpaired) electrons. The standard InChI is InChI=1S/C35H55FO2/c1-4-6-7-10-26-13-15-28(16-14-26)29-19-17-27(18-20-29)25(3)30-11-8-9-12-32(30)35(22-5-2)23-21-31(34(37)38)33(36)24-35/h8-9,11-12,25-29,31,33H,4-7,10,13-24H2,1-3H3,(H,37,38)/p-1. The van der Waals surface area contributed by atoms with Gasteiger partial charge in [0.15, 0.2) is 0 Å². The minimum Gasteiger partial charge on any atom is -0.550 e. The van der Waals surface area contributed by atoms with Crippen molar-refractivity contribution in [2.75, 3.05) is 0 Å². The minimum absolute atomic E-state index is 0.252. The number of halogens is 1. The lowest BCUT2D eigenvalue weighted by Crippen LogP contribution is -2.46. The lowest BCUT2D eigenvalue weighted by Gasteiger charge is -2.45. The number of carbonyl (C=O) groups excluding carboxylic acids is 1. The zero-order valence-electron chi connectivity index (χ0n) is 24.6. The van der Waals surface area contributed by atoms with Crippen LogP contribution in [0.5, 0.6) is 0 Å². The van der Waals surface area contributed by atoms with Gasteiger partial charge in [0.25, 0.3) is 0 Å². The molecule has 0 bridgehead atoms. The molecule has 214 valence electrons. The zero-order valence-corrected chi connectivity index (χ0v) is 24.6. The number of alkyl halides is 1. The van der Waals surface area contributed by atoms with Crippen LogP contribution in [0.25, 0.3) is 0 Å². The molecule has 1 aromatic rings. The second-order valence-electron chi connectivity index (χ2n) is 13.5. The molecule has 3 saturated carbocycles. The van der Waals surface area contributed by atoms with Gasteiger partial charge in [-0.15, -0.1) is 0 Å². The number of hydrogen-bond donors (Lipinski definition) is 0. The summed E-state index contributed by atoms with van der Waals surface area (Å²) in [5.41, 5.74) is 2.45. The number of hydrogen-bond acceptors (Lipinski definition) is 2. The molecule has 4 rings (SSSR count). The molecule has 1 aromatic carbocycles. The maximum absolute atomic E-state index is 15.2. The molecule has 0 heterocycles. The van der Waals surface area contributed by atoms with Gasteiger partial charge in [-0.25, -0.2) is 4.39 Å². The summed E-state index contributed by atoms with van der Waals surface area (Å²) >= 11 is 0. The fourth-order valence-electron chi connectivity index (χ4n) is 8.96. The van der Waals surface area contributed by atoms with E-state index in [0.717, 1.165) is 37.0 Å². The van der Waals surface area contributed by atoms with Gasteiger partial charge in [0.2, 0.25) is 0 Å². The summed E-state index contributed by atoms with van der Waals surface area (Å²) in [5, 5.41) is 11.5. The van der Waals surface area contributed by atoms with Crippen molar-refractivity contribution in [1.29, 1.82) is 0 Å². The molecule has 38 heavy (non-hydrogen) atoms. The molecule has 3 heteroatoms. The van der Waals surface area contributed by atoms with Crippen molar-refractivity contribution in [3.63, 3.8) is 0 Å². The van der Waals surface area contributed by atoms with E-state index in [2.05, 4.69) is 45.0 Å². The highest BCUT2D eigenvalue weighted by Crippen LogP contribution is 2.50. The number of carbonyl (C=O) groups is 1. The number of benzene rings is 1. The van der Waals surface area contributed by atoms with Gasteiger partial charge in [0.05, 0.1) is 0 Å². The van der Waals surface area contributed by atoms with Crippen LogP contribution in [0.15, 0.2) is 24.3 Å². The normalized spacial score (nSPS) is 35.1. The van der Waals surface area contributed by atoms with E-state index in [9.17, 15) is 9.90 Å². The van der Waals surface area contributed by atoms with Gasteiger partial charge in [-0.3, -0.25) is 0 Å². The smallest absolute Gasteiger partial charge is 0.109 e. The Kier molecular flexibility index (Phi) is 10.7. The van der Waals surface area contributed by atoms with Gasteiger partial charge in [0, 0.05) is 11.9 Å². The number of carboxylic acid groups (broad SMARTS) is 1. The molecule has 3 fully saturated rings. The van der Waals surface area contributed by atoms with E-state index in [1.165, 1.54) is 88.2 Å². The van der Waals surface area contributed by atoms with E-state index in [1.807, 2.05) is 0 Å². The predicted octanol–water partition coefficient (Wildman–Crippen LogP) is 8.91. The van der Waals surface area contributed by atoms with Gasteiger partial charge in [-0.2, -0.15) is 0 Å². The van der Waals surface area contributed by atoms with Crippen molar-refractivity contribution in [3.8, 4) is 0 Å². The third-order valence-corrected chi connectivity index (χ3v) is 11.3. The highest BCUT2D eigenvalue weighted by molar-refractivity contribution is 5.68. The maximum Gasteiger partial charge on any atom is 0.109 e. The van der Waals surface area contributed by atoms with Crippen LogP contribution >= 0.6 is 0 Å². The number of carboxylic acids is 1. The minimum atomic E-state index is -1.32. The van der Waals surface area contributed by atoms with Gasteiger partial charge in [-0.1, -0.05) is 90.0 Å². The molecule has 4 unspecified atom stereocenters. The Balaban J connectivity index is 1.38. The van der Waals surface area contributed by atoms with Crippen molar-refractivity contribution in [2.45, 2.75) is 147 Å². The summed E-state index contributed by atoms with van der Waals surface area (Å²) in [6.07, 6.45) is 18.9. The third-order valence-electron chi connectivity index (χ3n) is 11.3. The summed E-state index contributed by atoms with van der Waals surface area (Å²) < 4.78 is 15.2. The van der Waals surface area contributed by atoms with Crippen LogP contribution in [0.1, 0.15) is 147 Å². The Labute approximate surface area is 232 Å². The molecule has 3 aliphatic rings. The topological polar surface area (TPSA) is 40.1 Å². The largest absolute Gasteiger partial charge is 0.550 e. The quantitative estimate of drug-likeness (QED) is 0.271. The van der Waals surface area contributed by atoms with Crippen molar-refractivity contribution in [1.82, 2.24) is 0 Å². The van der Waals surface area contributed by atoms with Crippen LogP contribution < -0.4 is 5.11 Å². The molecular weight excluding hydrogens is 471 g/mol. The van der Waals surface area contributed by atoms with E-state index < -0.39 is 18.1 Å². The average molecular weight is 526 g/mol. The third kappa shape index (κ3) is 6.84. The summed E-state index contributed by atoms with van der Waals surface area (Å²) in [6, 6.07) is 8.79. The fraction of sp³-hybridized carbons (Fsp3) is 0.800. The molecular formula is C35H54FO2-.